The van der Waals surface area contributed by atoms with Crippen molar-refractivity contribution < 1.29 is 9.53 Å². The van der Waals surface area contributed by atoms with Crippen molar-refractivity contribution in [1.29, 1.82) is 0 Å². The fourth-order valence-corrected chi connectivity index (χ4v) is 3.30. The second-order valence-corrected chi connectivity index (χ2v) is 6.28. The van der Waals surface area contributed by atoms with E-state index in [2.05, 4.69) is 6.92 Å². The zero-order valence-electron chi connectivity index (χ0n) is 13.9. The van der Waals surface area contributed by atoms with Crippen molar-refractivity contribution in [2.45, 2.75) is 24.8 Å². The zero-order chi connectivity index (χ0) is 16.7. The number of thioether (sulfide) groups is 1. The van der Waals surface area contributed by atoms with Gasteiger partial charge < -0.3 is 9.64 Å². The van der Waals surface area contributed by atoms with Gasteiger partial charge in [0.25, 0.3) is 0 Å². The van der Waals surface area contributed by atoms with Gasteiger partial charge >= 0.3 is 0 Å². The lowest BCUT2D eigenvalue weighted by Gasteiger charge is -2.28. The number of rotatable bonds is 7. The standard InChI is InChI=1S/C19H23NO2S/c1-4-20(15(2)16-9-8-10-17(13-16)22-3)19(21)14-23-18-11-6-5-7-12-18/h5-13,15H,4,14H2,1-3H3. The quantitative estimate of drug-likeness (QED) is 0.705. The normalized spacial score (nSPS) is 11.8. The molecule has 1 unspecified atom stereocenters. The average Bonchev–Trinajstić information content (AvgIpc) is 2.61. The van der Waals surface area contributed by atoms with Gasteiger partial charge in [0.2, 0.25) is 5.91 Å². The maximum atomic E-state index is 12.6. The van der Waals surface area contributed by atoms with Crippen molar-refractivity contribution in [2.24, 2.45) is 0 Å². The summed E-state index contributed by atoms with van der Waals surface area (Å²) in [5.41, 5.74) is 1.09. The van der Waals surface area contributed by atoms with Crippen molar-refractivity contribution in [2.75, 3.05) is 19.4 Å². The molecule has 0 bridgehead atoms. The first kappa shape index (κ1) is 17.4. The van der Waals surface area contributed by atoms with Gasteiger partial charge in [0.1, 0.15) is 5.75 Å². The third-order valence-electron chi connectivity index (χ3n) is 3.81. The molecule has 0 N–H and O–H groups in total. The molecule has 0 saturated heterocycles. The number of hydrogen-bond donors (Lipinski definition) is 0. The van der Waals surface area contributed by atoms with Gasteiger partial charge in [-0.25, -0.2) is 0 Å². The highest BCUT2D eigenvalue weighted by molar-refractivity contribution is 8.00. The van der Waals surface area contributed by atoms with Crippen LogP contribution in [0.3, 0.4) is 0 Å². The second kappa shape index (κ2) is 8.63. The van der Waals surface area contributed by atoms with Crippen LogP contribution < -0.4 is 4.74 Å². The molecule has 3 nitrogen and oxygen atoms in total. The molecule has 1 atom stereocenters. The summed E-state index contributed by atoms with van der Waals surface area (Å²) < 4.78 is 5.28. The van der Waals surface area contributed by atoms with E-state index in [1.54, 1.807) is 18.9 Å². The third kappa shape index (κ3) is 4.76. The molecule has 0 aliphatic rings. The van der Waals surface area contributed by atoms with Gasteiger partial charge in [0.05, 0.1) is 18.9 Å². The van der Waals surface area contributed by atoms with Crippen LogP contribution >= 0.6 is 11.8 Å². The van der Waals surface area contributed by atoms with E-state index in [1.165, 1.54) is 0 Å². The van der Waals surface area contributed by atoms with Gasteiger partial charge in [-0.2, -0.15) is 0 Å². The van der Waals surface area contributed by atoms with Gasteiger partial charge in [0.15, 0.2) is 0 Å². The van der Waals surface area contributed by atoms with Crippen LogP contribution in [0.1, 0.15) is 25.5 Å². The third-order valence-corrected chi connectivity index (χ3v) is 4.81. The minimum atomic E-state index is 0.0268. The van der Waals surface area contributed by atoms with Gasteiger partial charge in [-0.15, -0.1) is 11.8 Å². The first-order valence-corrected chi connectivity index (χ1v) is 8.75. The molecule has 0 radical (unpaired) electrons. The number of carbonyl (C=O) groups is 1. The average molecular weight is 329 g/mol. The molecule has 4 heteroatoms. The molecule has 122 valence electrons. The van der Waals surface area contributed by atoms with E-state index in [9.17, 15) is 4.79 Å². The lowest BCUT2D eigenvalue weighted by Crippen LogP contribution is -2.34. The van der Waals surface area contributed by atoms with Gasteiger partial charge in [-0.1, -0.05) is 30.3 Å². The van der Waals surface area contributed by atoms with Crippen LogP contribution in [-0.4, -0.2) is 30.2 Å². The summed E-state index contributed by atoms with van der Waals surface area (Å²) >= 11 is 1.58. The van der Waals surface area contributed by atoms with Crippen molar-refractivity contribution in [1.82, 2.24) is 4.90 Å². The summed E-state index contributed by atoms with van der Waals surface area (Å²) in [4.78, 5) is 15.6. The molecule has 0 saturated carbocycles. The van der Waals surface area contributed by atoms with E-state index in [1.807, 2.05) is 66.4 Å². The fraction of sp³-hybridized carbons (Fsp3) is 0.316. The topological polar surface area (TPSA) is 29.5 Å². The number of hydrogen-bond acceptors (Lipinski definition) is 3. The number of amides is 1. The zero-order valence-corrected chi connectivity index (χ0v) is 14.7. The number of nitrogens with zero attached hydrogens (tertiary/aromatic N) is 1. The molecule has 0 heterocycles. The Morgan fingerprint density at radius 3 is 2.57 bits per heavy atom. The van der Waals surface area contributed by atoms with E-state index >= 15 is 0 Å². The highest BCUT2D eigenvalue weighted by Gasteiger charge is 2.20. The maximum absolute atomic E-state index is 12.6. The van der Waals surface area contributed by atoms with Gasteiger partial charge in [-0.05, 0) is 43.7 Å². The Bertz CT molecular complexity index is 630. The number of methoxy groups -OCH3 is 1. The Hall–Kier alpha value is -1.94. The minimum Gasteiger partial charge on any atom is -0.497 e. The fourth-order valence-electron chi connectivity index (χ4n) is 2.49. The smallest absolute Gasteiger partial charge is 0.233 e. The molecule has 0 aliphatic heterocycles. The molecule has 23 heavy (non-hydrogen) atoms. The second-order valence-electron chi connectivity index (χ2n) is 5.23. The predicted molar refractivity (Wildman–Crippen MR) is 96.0 cm³/mol. The predicted octanol–water partition coefficient (Wildman–Crippen LogP) is 4.40. The number of benzene rings is 2. The van der Waals surface area contributed by atoms with Crippen LogP contribution in [0, 0.1) is 0 Å². The van der Waals surface area contributed by atoms with Crippen molar-refractivity contribution in [3.8, 4) is 5.75 Å². The van der Waals surface area contributed by atoms with E-state index in [0.717, 1.165) is 16.2 Å². The molecule has 1 amide bonds. The Morgan fingerprint density at radius 2 is 1.91 bits per heavy atom. The summed E-state index contributed by atoms with van der Waals surface area (Å²) in [7, 11) is 1.66. The Labute approximate surface area is 142 Å². The van der Waals surface area contributed by atoms with E-state index in [4.69, 9.17) is 4.74 Å². The minimum absolute atomic E-state index is 0.0268. The largest absolute Gasteiger partial charge is 0.497 e. The van der Waals surface area contributed by atoms with Crippen LogP contribution in [-0.2, 0) is 4.79 Å². The van der Waals surface area contributed by atoms with Crippen LogP contribution in [0.5, 0.6) is 5.75 Å². The molecule has 0 spiro atoms. The molecule has 0 fully saturated rings. The summed E-state index contributed by atoms with van der Waals surface area (Å²) in [6.07, 6.45) is 0. The maximum Gasteiger partial charge on any atom is 0.233 e. The highest BCUT2D eigenvalue weighted by atomic mass is 32.2. The van der Waals surface area contributed by atoms with Crippen molar-refractivity contribution >= 4 is 17.7 Å². The van der Waals surface area contributed by atoms with Crippen LogP contribution in [0.15, 0.2) is 59.5 Å². The van der Waals surface area contributed by atoms with E-state index in [0.29, 0.717) is 12.3 Å². The molecule has 2 aromatic carbocycles. The lowest BCUT2D eigenvalue weighted by molar-refractivity contribution is -0.130. The van der Waals surface area contributed by atoms with Crippen LogP contribution in [0.25, 0.3) is 0 Å². The first-order valence-electron chi connectivity index (χ1n) is 7.77. The van der Waals surface area contributed by atoms with E-state index < -0.39 is 0 Å². The molecular formula is C19H23NO2S. The van der Waals surface area contributed by atoms with Crippen molar-refractivity contribution in [3.63, 3.8) is 0 Å². The molecule has 2 rings (SSSR count). The first-order chi connectivity index (χ1) is 11.2. The molecule has 2 aromatic rings. The van der Waals surface area contributed by atoms with E-state index in [-0.39, 0.29) is 11.9 Å². The molecule has 0 aliphatic carbocycles. The summed E-state index contributed by atoms with van der Waals surface area (Å²) in [6.45, 7) is 4.76. The lowest BCUT2D eigenvalue weighted by atomic mass is 10.1. The summed E-state index contributed by atoms with van der Waals surface area (Å²) in [5.74, 6) is 1.42. The monoisotopic (exact) mass is 329 g/mol. The number of carbonyl (C=O) groups excluding carboxylic acids is 1. The Kier molecular flexibility index (Phi) is 6.53. The Balaban J connectivity index is 2.03. The van der Waals surface area contributed by atoms with Crippen LogP contribution in [0.4, 0.5) is 0 Å². The summed E-state index contributed by atoms with van der Waals surface area (Å²) in [6, 6.07) is 17.9. The highest BCUT2D eigenvalue weighted by Crippen LogP contribution is 2.25. The summed E-state index contributed by atoms with van der Waals surface area (Å²) in [5, 5.41) is 0. The molecular weight excluding hydrogens is 306 g/mol. The van der Waals surface area contributed by atoms with Crippen LogP contribution in [0.2, 0.25) is 0 Å². The SMILES string of the molecule is CCN(C(=O)CSc1ccccc1)C(C)c1cccc(OC)c1. The molecule has 0 aromatic heterocycles. The van der Waals surface area contributed by atoms with Crippen molar-refractivity contribution in [3.05, 3.63) is 60.2 Å². The number of ether oxygens (including phenoxy) is 1. The van der Waals surface area contributed by atoms with Gasteiger partial charge in [-0.3, -0.25) is 4.79 Å². The Morgan fingerprint density at radius 1 is 1.17 bits per heavy atom. The van der Waals surface area contributed by atoms with Gasteiger partial charge in [0, 0.05) is 11.4 Å².